The highest BCUT2D eigenvalue weighted by Gasteiger charge is 2.20. The van der Waals surface area contributed by atoms with Gasteiger partial charge in [-0.3, -0.25) is 0 Å². The number of hydrogen-bond acceptors (Lipinski definition) is 3. The van der Waals surface area contributed by atoms with Crippen LogP contribution in [0.15, 0.2) is 29.4 Å². The summed E-state index contributed by atoms with van der Waals surface area (Å²) in [5, 5.41) is 6.16. The van der Waals surface area contributed by atoms with Crippen molar-refractivity contribution >= 4 is 5.69 Å². The van der Waals surface area contributed by atoms with Gasteiger partial charge in [0.1, 0.15) is 0 Å². The van der Waals surface area contributed by atoms with Crippen molar-refractivity contribution in [2.45, 2.75) is 5.92 Å². The van der Waals surface area contributed by atoms with Crippen LogP contribution in [-0.2, 0) is 0 Å². The van der Waals surface area contributed by atoms with Crippen molar-refractivity contribution in [2.75, 3.05) is 18.4 Å². The van der Waals surface area contributed by atoms with E-state index in [9.17, 15) is 4.91 Å². The van der Waals surface area contributed by atoms with Crippen molar-refractivity contribution in [1.82, 2.24) is 0 Å². The van der Waals surface area contributed by atoms with Gasteiger partial charge in [0.05, 0.1) is 6.54 Å². The summed E-state index contributed by atoms with van der Waals surface area (Å²) in [6.45, 7) is 1.22. The van der Waals surface area contributed by atoms with Gasteiger partial charge in [0.2, 0.25) is 0 Å². The van der Waals surface area contributed by atoms with Gasteiger partial charge < -0.3 is 5.32 Å². The fourth-order valence-corrected chi connectivity index (χ4v) is 1.61. The molecule has 1 aromatic carbocycles. The zero-order chi connectivity index (χ0) is 8.39. The smallest absolute Gasteiger partial charge is 0.0897 e. The van der Waals surface area contributed by atoms with E-state index in [2.05, 4.69) is 10.5 Å². The predicted molar refractivity (Wildman–Crippen MR) is 48.3 cm³/mol. The van der Waals surface area contributed by atoms with Gasteiger partial charge in [0, 0.05) is 18.2 Å². The lowest BCUT2D eigenvalue weighted by Crippen LogP contribution is -2.04. The van der Waals surface area contributed by atoms with Crippen LogP contribution in [-0.4, -0.2) is 13.1 Å². The first-order valence-electron chi connectivity index (χ1n) is 4.03. The first-order chi connectivity index (χ1) is 5.92. The van der Waals surface area contributed by atoms with Gasteiger partial charge in [-0.2, -0.15) is 4.91 Å². The van der Waals surface area contributed by atoms with Crippen LogP contribution in [0.25, 0.3) is 0 Å². The van der Waals surface area contributed by atoms with Crippen molar-refractivity contribution in [3.63, 3.8) is 0 Å². The maximum Gasteiger partial charge on any atom is 0.0897 e. The van der Waals surface area contributed by atoms with E-state index in [0.717, 1.165) is 12.2 Å². The van der Waals surface area contributed by atoms with E-state index in [0.29, 0.717) is 6.54 Å². The molecule has 1 N–H and O–H groups in total. The van der Waals surface area contributed by atoms with Crippen LogP contribution >= 0.6 is 0 Å². The molecule has 1 heterocycles. The number of anilines is 1. The van der Waals surface area contributed by atoms with Crippen molar-refractivity contribution in [1.29, 1.82) is 0 Å². The maximum atomic E-state index is 10.1. The van der Waals surface area contributed by atoms with E-state index in [1.165, 1.54) is 5.56 Å². The summed E-state index contributed by atoms with van der Waals surface area (Å²) in [5.74, 6) is 0.277. The molecular formula is C9H10N2O. The molecular weight excluding hydrogens is 152 g/mol. The van der Waals surface area contributed by atoms with Gasteiger partial charge >= 0.3 is 0 Å². The number of para-hydroxylation sites is 1. The molecule has 0 spiro atoms. The van der Waals surface area contributed by atoms with E-state index in [1.54, 1.807) is 0 Å². The minimum atomic E-state index is 0.277. The number of fused-ring (bicyclic) bond motifs is 1. The Morgan fingerprint density at radius 2 is 2.33 bits per heavy atom. The normalized spacial score (nSPS) is 19.8. The Hall–Kier alpha value is -1.38. The first-order valence-corrected chi connectivity index (χ1v) is 4.03. The Morgan fingerprint density at radius 3 is 3.17 bits per heavy atom. The highest BCUT2D eigenvalue weighted by molar-refractivity contribution is 5.57. The molecule has 12 heavy (non-hydrogen) atoms. The largest absolute Gasteiger partial charge is 0.384 e. The lowest BCUT2D eigenvalue weighted by atomic mass is 10.0. The zero-order valence-electron chi connectivity index (χ0n) is 6.66. The molecule has 1 atom stereocenters. The van der Waals surface area contributed by atoms with Crippen LogP contribution in [0.4, 0.5) is 5.69 Å². The fraction of sp³-hybridized carbons (Fsp3) is 0.333. The molecule has 0 fully saturated rings. The van der Waals surface area contributed by atoms with Crippen LogP contribution in [0, 0.1) is 4.91 Å². The summed E-state index contributed by atoms with van der Waals surface area (Å²) >= 11 is 0. The van der Waals surface area contributed by atoms with Crippen LogP contribution in [0.2, 0.25) is 0 Å². The average molecular weight is 162 g/mol. The molecule has 0 bridgehead atoms. The molecule has 0 radical (unpaired) electrons. The Balaban J connectivity index is 2.29. The summed E-state index contributed by atoms with van der Waals surface area (Å²) in [4.78, 5) is 10.1. The molecule has 0 aromatic heterocycles. The van der Waals surface area contributed by atoms with Crippen LogP contribution in [0.5, 0.6) is 0 Å². The summed E-state index contributed by atoms with van der Waals surface area (Å²) in [5.41, 5.74) is 2.36. The van der Waals surface area contributed by atoms with Gasteiger partial charge in [-0.05, 0) is 11.6 Å². The molecule has 0 amide bonds. The highest BCUT2D eigenvalue weighted by Crippen LogP contribution is 2.30. The van der Waals surface area contributed by atoms with E-state index in [4.69, 9.17) is 0 Å². The SMILES string of the molecule is O=NCC1CNc2ccccc21. The van der Waals surface area contributed by atoms with Crippen molar-refractivity contribution in [3.8, 4) is 0 Å². The molecule has 0 saturated heterocycles. The summed E-state index contributed by atoms with van der Waals surface area (Å²) in [6, 6.07) is 8.05. The van der Waals surface area contributed by atoms with Crippen molar-refractivity contribution < 1.29 is 0 Å². The molecule has 62 valence electrons. The quantitative estimate of drug-likeness (QED) is 0.675. The number of nitroso groups, excluding NO2 is 1. The van der Waals surface area contributed by atoms with Gasteiger partial charge in [0.25, 0.3) is 0 Å². The molecule has 1 unspecified atom stereocenters. The molecule has 1 aromatic rings. The minimum Gasteiger partial charge on any atom is -0.384 e. The lowest BCUT2D eigenvalue weighted by molar-refractivity contribution is 0.764. The average Bonchev–Trinajstić information content (AvgIpc) is 2.50. The molecule has 3 heteroatoms. The standard InChI is InChI=1S/C9H10N2O/c12-11-6-7-5-10-9-4-2-1-3-8(7)9/h1-4,7,10H,5-6H2. The minimum absolute atomic E-state index is 0.277. The Morgan fingerprint density at radius 1 is 1.50 bits per heavy atom. The van der Waals surface area contributed by atoms with E-state index in [-0.39, 0.29) is 5.92 Å². The first kappa shape index (κ1) is 7.28. The summed E-state index contributed by atoms with van der Waals surface area (Å²) in [7, 11) is 0. The summed E-state index contributed by atoms with van der Waals surface area (Å²) in [6.07, 6.45) is 0. The number of hydrogen-bond donors (Lipinski definition) is 1. The molecule has 2 rings (SSSR count). The molecule has 0 aliphatic carbocycles. The maximum absolute atomic E-state index is 10.1. The van der Waals surface area contributed by atoms with Gasteiger partial charge in [0.15, 0.2) is 0 Å². The lowest BCUT2D eigenvalue weighted by Gasteiger charge is -2.02. The zero-order valence-corrected chi connectivity index (χ0v) is 6.66. The highest BCUT2D eigenvalue weighted by atomic mass is 16.3. The number of nitrogens with zero attached hydrogens (tertiary/aromatic N) is 1. The predicted octanol–water partition coefficient (Wildman–Crippen LogP) is 1.96. The topological polar surface area (TPSA) is 41.5 Å². The van der Waals surface area contributed by atoms with E-state index >= 15 is 0 Å². The summed E-state index contributed by atoms with van der Waals surface area (Å²) < 4.78 is 0. The van der Waals surface area contributed by atoms with Crippen molar-refractivity contribution in [3.05, 3.63) is 34.7 Å². The fourth-order valence-electron chi connectivity index (χ4n) is 1.61. The molecule has 3 nitrogen and oxygen atoms in total. The second-order valence-electron chi connectivity index (χ2n) is 2.98. The third kappa shape index (κ3) is 1.07. The van der Waals surface area contributed by atoms with E-state index in [1.807, 2.05) is 24.3 Å². The Kier molecular flexibility index (Phi) is 1.78. The third-order valence-corrected chi connectivity index (χ3v) is 2.23. The number of rotatable bonds is 2. The van der Waals surface area contributed by atoms with Crippen LogP contribution in [0.3, 0.4) is 0 Å². The second kappa shape index (κ2) is 2.93. The third-order valence-electron chi connectivity index (χ3n) is 2.23. The van der Waals surface area contributed by atoms with Gasteiger partial charge in [-0.1, -0.05) is 23.4 Å². The Labute approximate surface area is 70.8 Å². The number of nitrogens with one attached hydrogen (secondary N) is 1. The van der Waals surface area contributed by atoms with E-state index < -0.39 is 0 Å². The molecule has 1 aliphatic heterocycles. The van der Waals surface area contributed by atoms with Gasteiger partial charge in [-0.15, -0.1) is 0 Å². The van der Waals surface area contributed by atoms with Gasteiger partial charge in [-0.25, -0.2) is 0 Å². The monoisotopic (exact) mass is 162 g/mol. The van der Waals surface area contributed by atoms with Crippen LogP contribution < -0.4 is 5.32 Å². The second-order valence-corrected chi connectivity index (χ2v) is 2.98. The number of benzene rings is 1. The Bertz CT molecular complexity index is 298. The van der Waals surface area contributed by atoms with Crippen molar-refractivity contribution in [2.24, 2.45) is 5.18 Å². The molecule has 0 saturated carbocycles. The van der Waals surface area contributed by atoms with Crippen LogP contribution in [0.1, 0.15) is 11.5 Å². The molecule has 1 aliphatic rings.